The molecule has 3 rings (SSSR count). The summed E-state index contributed by atoms with van der Waals surface area (Å²) < 4.78 is 2.11. The standard InChI is InChI=1S/C17H25N5/c1-15-5-3-6-16(19-15)13-21-8-4-9-22(12-11-21)14-17-18-7-10-20(17)2/h3,5-7,10H,4,8-9,11-14H2,1-2H3. The summed E-state index contributed by atoms with van der Waals surface area (Å²) in [6.07, 6.45) is 5.10. The summed E-state index contributed by atoms with van der Waals surface area (Å²) >= 11 is 0. The monoisotopic (exact) mass is 299 g/mol. The van der Waals surface area contributed by atoms with E-state index in [9.17, 15) is 0 Å². The lowest BCUT2D eigenvalue weighted by molar-refractivity contribution is 0.241. The number of aromatic nitrogens is 3. The van der Waals surface area contributed by atoms with Crippen molar-refractivity contribution in [3.05, 3.63) is 47.8 Å². The Kier molecular flexibility index (Phi) is 4.85. The molecule has 2 aromatic heterocycles. The molecule has 0 N–H and O–H groups in total. The first-order valence-electron chi connectivity index (χ1n) is 8.04. The molecule has 0 atom stereocenters. The van der Waals surface area contributed by atoms with Crippen molar-refractivity contribution in [1.82, 2.24) is 24.3 Å². The van der Waals surface area contributed by atoms with Gasteiger partial charge in [0.1, 0.15) is 5.82 Å². The van der Waals surface area contributed by atoms with Crippen molar-refractivity contribution in [3.63, 3.8) is 0 Å². The van der Waals surface area contributed by atoms with Crippen LogP contribution in [-0.4, -0.2) is 50.5 Å². The minimum absolute atomic E-state index is 0.944. The van der Waals surface area contributed by atoms with E-state index < -0.39 is 0 Å². The van der Waals surface area contributed by atoms with E-state index in [0.29, 0.717) is 0 Å². The van der Waals surface area contributed by atoms with Crippen molar-refractivity contribution in [2.45, 2.75) is 26.4 Å². The van der Waals surface area contributed by atoms with Crippen LogP contribution in [-0.2, 0) is 20.1 Å². The van der Waals surface area contributed by atoms with Gasteiger partial charge in [0.25, 0.3) is 0 Å². The lowest BCUT2D eigenvalue weighted by Crippen LogP contribution is -2.31. The molecule has 1 saturated heterocycles. The van der Waals surface area contributed by atoms with Crippen molar-refractivity contribution in [2.75, 3.05) is 26.2 Å². The maximum atomic E-state index is 4.62. The summed E-state index contributed by atoms with van der Waals surface area (Å²) in [5.41, 5.74) is 2.28. The zero-order chi connectivity index (χ0) is 15.4. The molecule has 1 aliphatic rings. The van der Waals surface area contributed by atoms with E-state index in [4.69, 9.17) is 0 Å². The third-order valence-corrected chi connectivity index (χ3v) is 4.30. The minimum Gasteiger partial charge on any atom is -0.337 e. The van der Waals surface area contributed by atoms with E-state index in [1.54, 1.807) is 0 Å². The zero-order valence-corrected chi connectivity index (χ0v) is 13.6. The molecule has 1 aliphatic heterocycles. The van der Waals surface area contributed by atoms with Crippen LogP contribution < -0.4 is 0 Å². The molecule has 118 valence electrons. The van der Waals surface area contributed by atoms with Crippen LogP contribution >= 0.6 is 0 Å². The number of imidazole rings is 1. The molecule has 0 bridgehead atoms. The molecule has 5 nitrogen and oxygen atoms in total. The van der Waals surface area contributed by atoms with Gasteiger partial charge < -0.3 is 4.57 Å². The second-order valence-electron chi connectivity index (χ2n) is 6.13. The smallest absolute Gasteiger partial charge is 0.122 e. The third kappa shape index (κ3) is 3.93. The van der Waals surface area contributed by atoms with Crippen LogP contribution in [0.5, 0.6) is 0 Å². The van der Waals surface area contributed by atoms with Gasteiger partial charge >= 0.3 is 0 Å². The predicted molar refractivity (Wildman–Crippen MR) is 87.4 cm³/mol. The average Bonchev–Trinajstić information content (AvgIpc) is 2.76. The Morgan fingerprint density at radius 2 is 1.82 bits per heavy atom. The van der Waals surface area contributed by atoms with Crippen LogP contribution in [0.4, 0.5) is 0 Å². The first-order valence-corrected chi connectivity index (χ1v) is 8.04. The summed E-state index contributed by atoms with van der Waals surface area (Å²) in [5.74, 6) is 1.15. The molecule has 0 spiro atoms. The van der Waals surface area contributed by atoms with E-state index >= 15 is 0 Å². The van der Waals surface area contributed by atoms with Crippen molar-refractivity contribution in [2.24, 2.45) is 7.05 Å². The molecular weight excluding hydrogens is 274 g/mol. The summed E-state index contributed by atoms with van der Waals surface area (Å²) in [6.45, 7) is 8.44. The van der Waals surface area contributed by atoms with Gasteiger partial charge in [-0.2, -0.15) is 0 Å². The van der Waals surface area contributed by atoms with Crippen LogP contribution in [0.25, 0.3) is 0 Å². The molecule has 0 radical (unpaired) electrons. The Bertz CT molecular complexity index is 607. The molecule has 0 unspecified atom stereocenters. The molecule has 2 aromatic rings. The fourth-order valence-electron chi connectivity index (χ4n) is 3.01. The van der Waals surface area contributed by atoms with Gasteiger partial charge in [-0.05, 0) is 38.6 Å². The molecule has 22 heavy (non-hydrogen) atoms. The van der Waals surface area contributed by atoms with Crippen LogP contribution in [0, 0.1) is 6.92 Å². The van der Waals surface area contributed by atoms with Gasteiger partial charge in [-0.3, -0.25) is 14.8 Å². The number of rotatable bonds is 4. The first-order chi connectivity index (χ1) is 10.7. The Balaban J connectivity index is 1.54. The topological polar surface area (TPSA) is 37.2 Å². The largest absolute Gasteiger partial charge is 0.337 e. The molecule has 5 heteroatoms. The van der Waals surface area contributed by atoms with Gasteiger partial charge in [0.05, 0.1) is 12.2 Å². The summed E-state index contributed by atoms with van der Waals surface area (Å²) in [7, 11) is 2.07. The van der Waals surface area contributed by atoms with Crippen molar-refractivity contribution in [3.8, 4) is 0 Å². The highest BCUT2D eigenvalue weighted by Crippen LogP contribution is 2.10. The second-order valence-corrected chi connectivity index (χ2v) is 6.13. The summed E-state index contributed by atoms with van der Waals surface area (Å²) in [5, 5.41) is 0. The summed E-state index contributed by atoms with van der Waals surface area (Å²) in [6, 6.07) is 6.28. The lowest BCUT2D eigenvalue weighted by Gasteiger charge is -2.21. The normalized spacial score (nSPS) is 17.5. The highest BCUT2D eigenvalue weighted by molar-refractivity contribution is 5.09. The van der Waals surface area contributed by atoms with Crippen LogP contribution in [0.2, 0.25) is 0 Å². The van der Waals surface area contributed by atoms with Crippen LogP contribution in [0.1, 0.15) is 23.6 Å². The molecule has 0 saturated carbocycles. The zero-order valence-electron chi connectivity index (χ0n) is 13.6. The fourth-order valence-corrected chi connectivity index (χ4v) is 3.01. The van der Waals surface area contributed by atoms with E-state index in [1.807, 2.05) is 12.4 Å². The molecule has 0 aromatic carbocycles. The van der Waals surface area contributed by atoms with Gasteiger partial charge in [0.2, 0.25) is 0 Å². The fraction of sp³-hybridized carbons (Fsp3) is 0.529. The predicted octanol–water partition coefficient (Wildman–Crippen LogP) is 1.83. The molecule has 1 fully saturated rings. The van der Waals surface area contributed by atoms with Crippen LogP contribution in [0.15, 0.2) is 30.6 Å². The number of nitrogens with zero attached hydrogens (tertiary/aromatic N) is 5. The summed E-state index contributed by atoms with van der Waals surface area (Å²) in [4.78, 5) is 14.1. The maximum Gasteiger partial charge on any atom is 0.122 e. The first kappa shape index (κ1) is 15.2. The number of hydrogen-bond acceptors (Lipinski definition) is 4. The number of pyridine rings is 1. The van der Waals surface area contributed by atoms with Gasteiger partial charge in [0, 0.05) is 44.8 Å². The van der Waals surface area contributed by atoms with Crippen molar-refractivity contribution >= 4 is 0 Å². The third-order valence-electron chi connectivity index (χ3n) is 4.30. The van der Waals surface area contributed by atoms with Crippen molar-refractivity contribution in [1.29, 1.82) is 0 Å². The SMILES string of the molecule is Cc1cccc(CN2CCCN(Cc3nccn3C)CC2)n1. The van der Waals surface area contributed by atoms with Crippen LogP contribution in [0.3, 0.4) is 0 Å². The average molecular weight is 299 g/mol. The Morgan fingerprint density at radius 3 is 2.50 bits per heavy atom. The van der Waals surface area contributed by atoms with Gasteiger partial charge in [-0.15, -0.1) is 0 Å². The van der Waals surface area contributed by atoms with E-state index in [2.05, 4.69) is 56.5 Å². The number of hydrogen-bond donors (Lipinski definition) is 0. The van der Waals surface area contributed by atoms with Gasteiger partial charge in [0.15, 0.2) is 0 Å². The molecule has 0 amide bonds. The van der Waals surface area contributed by atoms with Gasteiger partial charge in [-0.1, -0.05) is 6.07 Å². The van der Waals surface area contributed by atoms with E-state index in [-0.39, 0.29) is 0 Å². The Hall–Kier alpha value is -1.72. The maximum absolute atomic E-state index is 4.62. The highest BCUT2D eigenvalue weighted by atomic mass is 15.2. The lowest BCUT2D eigenvalue weighted by atomic mass is 10.3. The van der Waals surface area contributed by atoms with Gasteiger partial charge in [-0.25, -0.2) is 4.98 Å². The Morgan fingerprint density at radius 1 is 1.05 bits per heavy atom. The van der Waals surface area contributed by atoms with Crippen molar-refractivity contribution < 1.29 is 0 Å². The second kappa shape index (κ2) is 7.03. The number of aryl methyl sites for hydroxylation is 2. The molecular formula is C17H25N5. The molecule has 3 heterocycles. The quantitative estimate of drug-likeness (QED) is 0.863. The minimum atomic E-state index is 0.944. The molecule has 0 aliphatic carbocycles. The van der Waals surface area contributed by atoms with E-state index in [1.165, 1.54) is 12.1 Å². The van der Waals surface area contributed by atoms with E-state index in [0.717, 1.165) is 50.8 Å². The Labute approximate surface area is 132 Å². The highest BCUT2D eigenvalue weighted by Gasteiger charge is 2.16.